The number of hydrogen-bond acceptors (Lipinski definition) is 3. The smallest absolute Gasteiger partial charge is 0.281 e. The number of fused-ring (bicyclic) bond motifs is 2. The highest BCUT2D eigenvalue weighted by atomic mass is 32.2. The summed E-state index contributed by atoms with van der Waals surface area (Å²) in [5.41, 5.74) is 1.34. The van der Waals surface area contributed by atoms with E-state index in [0.29, 0.717) is 11.6 Å². The second-order valence-corrected chi connectivity index (χ2v) is 6.44. The minimum absolute atomic E-state index is 0.178. The van der Waals surface area contributed by atoms with Crippen molar-refractivity contribution in [3.05, 3.63) is 30.1 Å². The minimum Gasteiger partial charge on any atom is -0.347 e. The molecule has 0 spiro atoms. The van der Waals surface area contributed by atoms with Crippen molar-refractivity contribution in [3.8, 4) is 0 Å². The van der Waals surface area contributed by atoms with Crippen LogP contribution in [0, 0.1) is 0 Å². The normalized spacial score (nSPS) is 23.7. The predicted molar refractivity (Wildman–Crippen MR) is 84.7 cm³/mol. The Hall–Kier alpha value is -1.82. The second-order valence-electron chi connectivity index (χ2n) is 5.46. The molecule has 108 valence electrons. The predicted octanol–water partition coefficient (Wildman–Crippen LogP) is 2.66. The summed E-state index contributed by atoms with van der Waals surface area (Å²) in [4.78, 5) is 26.4. The third kappa shape index (κ3) is 2.23. The van der Waals surface area contributed by atoms with Crippen molar-refractivity contribution in [2.75, 3.05) is 12.3 Å². The van der Waals surface area contributed by atoms with Crippen LogP contribution in [0.3, 0.4) is 0 Å². The first-order chi connectivity index (χ1) is 10.3. The maximum atomic E-state index is 12.5. The summed E-state index contributed by atoms with van der Waals surface area (Å²) in [6.45, 7) is 1.03. The molecule has 4 rings (SSSR count). The summed E-state index contributed by atoms with van der Waals surface area (Å²) >= 11 is 1.71. The van der Waals surface area contributed by atoms with Gasteiger partial charge in [-0.3, -0.25) is 4.79 Å². The number of pyridine rings is 1. The Bertz CT molecular complexity index is 723. The first-order valence-electron chi connectivity index (χ1n) is 7.27. The van der Waals surface area contributed by atoms with Crippen molar-refractivity contribution in [1.29, 1.82) is 0 Å². The van der Waals surface area contributed by atoms with Gasteiger partial charge < -0.3 is 9.88 Å². The summed E-state index contributed by atoms with van der Waals surface area (Å²) in [6, 6.07) is 4.31. The van der Waals surface area contributed by atoms with Gasteiger partial charge in [-0.1, -0.05) is 11.8 Å². The number of nitrogens with zero attached hydrogens (tertiary/aromatic N) is 3. The molecule has 0 bridgehead atoms. The summed E-state index contributed by atoms with van der Waals surface area (Å²) in [5.74, 6) is 0.879. The van der Waals surface area contributed by atoms with Gasteiger partial charge in [0.1, 0.15) is 5.65 Å². The fraction of sp³-hybridized carbons (Fsp3) is 0.400. The third-order valence-electron chi connectivity index (χ3n) is 4.16. The molecule has 5 nitrogen and oxygen atoms in total. The van der Waals surface area contributed by atoms with Gasteiger partial charge in [-0.15, -0.1) is 0 Å². The maximum Gasteiger partial charge on any atom is 0.281 e. The van der Waals surface area contributed by atoms with E-state index in [-0.39, 0.29) is 5.91 Å². The van der Waals surface area contributed by atoms with Gasteiger partial charge in [-0.2, -0.15) is 4.99 Å². The fourth-order valence-electron chi connectivity index (χ4n) is 3.06. The van der Waals surface area contributed by atoms with Gasteiger partial charge in [-0.25, -0.2) is 4.98 Å². The average Bonchev–Trinajstić information content (AvgIpc) is 3.12. The zero-order chi connectivity index (χ0) is 14.2. The molecule has 2 aromatic rings. The number of H-pyrrole nitrogens is 1. The Morgan fingerprint density at radius 1 is 1.48 bits per heavy atom. The van der Waals surface area contributed by atoms with Gasteiger partial charge in [0, 0.05) is 36.1 Å². The van der Waals surface area contributed by atoms with Crippen LogP contribution < -0.4 is 0 Å². The van der Waals surface area contributed by atoms with Crippen LogP contribution in [0.25, 0.3) is 11.0 Å². The monoisotopic (exact) mass is 300 g/mol. The first-order valence-corrected chi connectivity index (χ1v) is 8.26. The molecule has 6 heteroatoms. The quantitative estimate of drug-likeness (QED) is 0.879. The number of rotatable bonds is 1. The number of aromatic amines is 1. The summed E-state index contributed by atoms with van der Waals surface area (Å²) in [7, 11) is 0. The lowest BCUT2D eigenvalue weighted by atomic mass is 10.1. The van der Waals surface area contributed by atoms with Gasteiger partial charge in [0.05, 0.1) is 5.56 Å². The first kappa shape index (κ1) is 12.9. The van der Waals surface area contributed by atoms with E-state index in [9.17, 15) is 4.79 Å². The lowest BCUT2D eigenvalue weighted by Gasteiger charge is -2.30. The molecule has 1 unspecified atom stereocenters. The number of amides is 1. The van der Waals surface area contributed by atoms with Gasteiger partial charge >= 0.3 is 0 Å². The molecular formula is C15H16N4OS. The molecular weight excluding hydrogens is 284 g/mol. The van der Waals surface area contributed by atoms with Crippen molar-refractivity contribution in [3.63, 3.8) is 0 Å². The van der Waals surface area contributed by atoms with Crippen LogP contribution >= 0.6 is 11.8 Å². The lowest BCUT2D eigenvalue weighted by molar-refractivity contribution is 0.100. The van der Waals surface area contributed by atoms with E-state index in [2.05, 4.69) is 19.9 Å². The Morgan fingerprint density at radius 3 is 3.38 bits per heavy atom. The average molecular weight is 300 g/mol. The molecule has 2 fully saturated rings. The topological polar surface area (TPSA) is 61.4 Å². The van der Waals surface area contributed by atoms with Crippen LogP contribution in [-0.2, 0) is 0 Å². The molecule has 2 saturated heterocycles. The number of aromatic nitrogens is 2. The SMILES string of the molecule is O=C(/N=C1\SCC2CCCCN12)c1c[nH]c2ncccc12. The summed E-state index contributed by atoms with van der Waals surface area (Å²) in [6.07, 6.45) is 7.12. The van der Waals surface area contributed by atoms with Gasteiger partial charge in [-0.05, 0) is 31.4 Å². The molecule has 0 saturated carbocycles. The largest absolute Gasteiger partial charge is 0.347 e. The van der Waals surface area contributed by atoms with Crippen molar-refractivity contribution < 1.29 is 4.79 Å². The van der Waals surface area contributed by atoms with Gasteiger partial charge in [0.2, 0.25) is 0 Å². The van der Waals surface area contributed by atoms with Crippen LogP contribution in [0.2, 0.25) is 0 Å². The van der Waals surface area contributed by atoms with E-state index in [1.54, 1.807) is 24.2 Å². The summed E-state index contributed by atoms with van der Waals surface area (Å²) in [5, 5.41) is 1.73. The molecule has 2 aromatic heterocycles. The minimum atomic E-state index is -0.178. The number of amidine groups is 1. The van der Waals surface area contributed by atoms with Gasteiger partial charge in [0.25, 0.3) is 5.91 Å². The Labute approximate surface area is 126 Å². The van der Waals surface area contributed by atoms with Crippen molar-refractivity contribution in [2.24, 2.45) is 4.99 Å². The molecule has 2 aliphatic rings. The number of aliphatic imine (C=N–C) groups is 1. The highest BCUT2D eigenvalue weighted by Crippen LogP contribution is 2.31. The molecule has 1 amide bonds. The van der Waals surface area contributed by atoms with Crippen molar-refractivity contribution in [2.45, 2.75) is 25.3 Å². The van der Waals surface area contributed by atoms with Crippen molar-refractivity contribution in [1.82, 2.24) is 14.9 Å². The Morgan fingerprint density at radius 2 is 2.43 bits per heavy atom. The van der Waals surface area contributed by atoms with E-state index in [1.807, 2.05) is 12.1 Å². The number of carbonyl (C=O) groups is 1. The molecule has 1 atom stereocenters. The fourth-order valence-corrected chi connectivity index (χ4v) is 4.30. The molecule has 4 heterocycles. The second kappa shape index (κ2) is 5.18. The van der Waals surface area contributed by atoms with Crippen molar-refractivity contribution >= 4 is 33.9 Å². The molecule has 0 aliphatic carbocycles. The van der Waals surface area contributed by atoms with E-state index < -0.39 is 0 Å². The van der Waals surface area contributed by atoms with Gasteiger partial charge in [0.15, 0.2) is 5.17 Å². The molecule has 0 radical (unpaired) electrons. The molecule has 2 aliphatic heterocycles. The van der Waals surface area contributed by atoms with E-state index in [0.717, 1.165) is 28.5 Å². The van der Waals surface area contributed by atoms with Crippen LogP contribution in [-0.4, -0.2) is 44.3 Å². The highest BCUT2D eigenvalue weighted by molar-refractivity contribution is 8.14. The molecule has 1 N–H and O–H groups in total. The van der Waals surface area contributed by atoms with Crippen LogP contribution in [0.5, 0.6) is 0 Å². The number of piperidine rings is 1. The standard InChI is InChI=1S/C15H16N4OS/c20-14(12-8-17-13-11(12)5-3-6-16-13)18-15-19-7-2-1-4-10(19)9-21-15/h3,5-6,8,10H,1-2,4,7,9H2,(H,16,17)/b18-15-. The number of carbonyl (C=O) groups excluding carboxylic acids is 1. The maximum absolute atomic E-state index is 12.5. The lowest BCUT2D eigenvalue weighted by Crippen LogP contribution is -2.38. The zero-order valence-electron chi connectivity index (χ0n) is 11.6. The zero-order valence-corrected chi connectivity index (χ0v) is 12.4. The number of hydrogen-bond donors (Lipinski definition) is 1. The number of thioether (sulfide) groups is 1. The van der Waals surface area contributed by atoms with E-state index >= 15 is 0 Å². The van der Waals surface area contributed by atoms with Crippen LogP contribution in [0.15, 0.2) is 29.5 Å². The Balaban J connectivity index is 1.64. The highest BCUT2D eigenvalue weighted by Gasteiger charge is 2.32. The van der Waals surface area contributed by atoms with E-state index in [4.69, 9.17) is 0 Å². The Kier molecular flexibility index (Phi) is 3.18. The molecule has 0 aromatic carbocycles. The van der Waals surface area contributed by atoms with Crippen LogP contribution in [0.4, 0.5) is 0 Å². The van der Waals surface area contributed by atoms with Crippen LogP contribution in [0.1, 0.15) is 29.6 Å². The summed E-state index contributed by atoms with van der Waals surface area (Å²) < 4.78 is 0. The number of nitrogens with one attached hydrogen (secondary N) is 1. The van der Waals surface area contributed by atoms with E-state index in [1.165, 1.54) is 19.3 Å². The third-order valence-corrected chi connectivity index (χ3v) is 5.29. The molecule has 21 heavy (non-hydrogen) atoms.